The largest absolute Gasteiger partial charge is 0.483 e. The zero-order chi connectivity index (χ0) is 17.2. The highest BCUT2D eigenvalue weighted by molar-refractivity contribution is 9.10. The van der Waals surface area contributed by atoms with Crippen LogP contribution in [-0.4, -0.2) is 31.0 Å². The van der Waals surface area contributed by atoms with Gasteiger partial charge >= 0.3 is 5.97 Å². The van der Waals surface area contributed by atoms with Gasteiger partial charge in [-0.25, -0.2) is 4.79 Å². The Morgan fingerprint density at radius 3 is 2.61 bits per heavy atom. The number of carbonyl (C=O) groups excluding carboxylic acids is 3. The topological polar surface area (TPSA) is 93.7 Å². The van der Waals surface area contributed by atoms with Crippen molar-refractivity contribution in [2.24, 2.45) is 0 Å². The van der Waals surface area contributed by atoms with Gasteiger partial charge in [0.05, 0.1) is 6.61 Å². The van der Waals surface area contributed by atoms with E-state index in [-0.39, 0.29) is 13.2 Å². The second-order valence-corrected chi connectivity index (χ2v) is 5.24. The van der Waals surface area contributed by atoms with Crippen molar-refractivity contribution < 1.29 is 23.9 Å². The van der Waals surface area contributed by atoms with Crippen LogP contribution in [0.1, 0.15) is 12.5 Å². The molecule has 0 radical (unpaired) electrons. The van der Waals surface area contributed by atoms with E-state index in [9.17, 15) is 14.4 Å². The number of amides is 2. The zero-order valence-corrected chi connectivity index (χ0v) is 14.3. The van der Waals surface area contributed by atoms with Crippen LogP contribution in [0.25, 0.3) is 0 Å². The number of hydrogen-bond acceptors (Lipinski definition) is 5. The Bertz CT molecular complexity index is 616. The van der Waals surface area contributed by atoms with Crippen LogP contribution < -0.4 is 15.6 Å². The summed E-state index contributed by atoms with van der Waals surface area (Å²) >= 11 is 3.33. The minimum Gasteiger partial charge on any atom is -0.483 e. The molecule has 2 amide bonds. The van der Waals surface area contributed by atoms with Crippen molar-refractivity contribution in [3.63, 3.8) is 0 Å². The first-order valence-corrected chi connectivity index (χ1v) is 7.54. The molecular weight excluding hydrogens is 368 g/mol. The molecule has 1 aromatic rings. The molecular formula is C15H17BrN2O5. The Kier molecular flexibility index (Phi) is 7.82. The predicted molar refractivity (Wildman–Crippen MR) is 86.4 cm³/mol. The van der Waals surface area contributed by atoms with Crippen LogP contribution in [-0.2, 0) is 19.1 Å². The van der Waals surface area contributed by atoms with E-state index in [1.54, 1.807) is 19.1 Å². The minimum atomic E-state index is -0.661. The fourth-order valence-electron chi connectivity index (χ4n) is 1.46. The molecule has 2 N–H and O–H groups in total. The van der Waals surface area contributed by atoms with Crippen LogP contribution in [0.5, 0.6) is 5.75 Å². The van der Waals surface area contributed by atoms with Gasteiger partial charge in [0.25, 0.3) is 11.8 Å². The van der Waals surface area contributed by atoms with E-state index in [1.165, 1.54) is 0 Å². The van der Waals surface area contributed by atoms with Gasteiger partial charge in [-0.05, 0) is 37.6 Å². The Morgan fingerprint density at radius 1 is 1.22 bits per heavy atom. The number of hydrazine groups is 1. The first kappa shape index (κ1) is 18.7. The molecule has 1 rings (SSSR count). The SMILES string of the molecule is CCOC(=O)/C=C/C(=O)NNC(=O)COc1ccc(Br)cc1C. The number of ether oxygens (including phenoxy) is 2. The average Bonchev–Trinajstić information content (AvgIpc) is 2.50. The number of hydrogen-bond donors (Lipinski definition) is 2. The van der Waals surface area contributed by atoms with Crippen LogP contribution >= 0.6 is 15.9 Å². The molecule has 8 heteroatoms. The van der Waals surface area contributed by atoms with Gasteiger partial charge in [-0.1, -0.05) is 15.9 Å². The first-order chi connectivity index (χ1) is 10.9. The highest BCUT2D eigenvalue weighted by atomic mass is 79.9. The van der Waals surface area contributed by atoms with Gasteiger partial charge in [0.1, 0.15) is 5.75 Å². The maximum absolute atomic E-state index is 11.6. The summed E-state index contributed by atoms with van der Waals surface area (Å²) in [6, 6.07) is 5.38. The maximum atomic E-state index is 11.6. The van der Waals surface area contributed by atoms with Crippen LogP contribution in [0.4, 0.5) is 0 Å². The molecule has 0 aromatic heterocycles. The Morgan fingerprint density at radius 2 is 1.96 bits per heavy atom. The molecule has 0 atom stereocenters. The molecule has 7 nitrogen and oxygen atoms in total. The van der Waals surface area contributed by atoms with Crippen LogP contribution in [0.2, 0.25) is 0 Å². The third kappa shape index (κ3) is 7.46. The highest BCUT2D eigenvalue weighted by Gasteiger charge is 2.06. The lowest BCUT2D eigenvalue weighted by molar-refractivity contribution is -0.137. The van der Waals surface area contributed by atoms with Crippen molar-refractivity contribution in [1.29, 1.82) is 0 Å². The van der Waals surface area contributed by atoms with Gasteiger partial charge in [-0.2, -0.15) is 0 Å². The van der Waals surface area contributed by atoms with E-state index >= 15 is 0 Å². The number of aryl methyl sites for hydroxylation is 1. The molecule has 124 valence electrons. The van der Waals surface area contributed by atoms with Crippen molar-refractivity contribution in [2.45, 2.75) is 13.8 Å². The van der Waals surface area contributed by atoms with E-state index in [4.69, 9.17) is 4.74 Å². The van der Waals surface area contributed by atoms with Gasteiger partial charge < -0.3 is 9.47 Å². The summed E-state index contributed by atoms with van der Waals surface area (Å²) in [6.07, 6.45) is 1.92. The molecule has 0 unspecified atom stereocenters. The Labute approximate surface area is 142 Å². The number of nitrogens with one attached hydrogen (secondary N) is 2. The van der Waals surface area contributed by atoms with Crippen LogP contribution in [0.3, 0.4) is 0 Å². The maximum Gasteiger partial charge on any atom is 0.330 e. The lowest BCUT2D eigenvalue weighted by Gasteiger charge is -2.09. The Hall–Kier alpha value is -2.35. The molecule has 23 heavy (non-hydrogen) atoms. The number of halogens is 1. The fraction of sp³-hybridized carbons (Fsp3) is 0.267. The fourth-order valence-corrected chi connectivity index (χ4v) is 1.94. The van der Waals surface area contributed by atoms with Crippen molar-refractivity contribution in [1.82, 2.24) is 10.9 Å². The summed E-state index contributed by atoms with van der Waals surface area (Å²) in [5.74, 6) is -1.27. The van der Waals surface area contributed by atoms with Gasteiger partial charge in [0.15, 0.2) is 6.61 Å². The standard InChI is InChI=1S/C15H17BrN2O5/c1-3-22-15(21)7-6-13(19)17-18-14(20)9-23-12-5-4-11(16)8-10(12)2/h4-8H,3,9H2,1-2H3,(H,17,19)(H,18,20)/b7-6+. The van der Waals surface area contributed by atoms with Gasteiger partial charge in [-0.3, -0.25) is 20.4 Å². The first-order valence-electron chi connectivity index (χ1n) is 6.75. The molecule has 0 heterocycles. The van der Waals surface area contributed by atoms with Gasteiger partial charge in [0, 0.05) is 16.6 Å². The second-order valence-electron chi connectivity index (χ2n) is 4.32. The van der Waals surface area contributed by atoms with Crippen molar-refractivity contribution in [3.05, 3.63) is 40.4 Å². The molecule has 1 aromatic carbocycles. The average molecular weight is 385 g/mol. The quantitative estimate of drug-likeness (QED) is 0.439. The van der Waals surface area contributed by atoms with Gasteiger partial charge in [0.2, 0.25) is 0 Å². The molecule has 0 saturated carbocycles. The smallest absolute Gasteiger partial charge is 0.330 e. The molecule has 0 spiro atoms. The summed E-state index contributed by atoms with van der Waals surface area (Å²) < 4.78 is 10.9. The van der Waals surface area contributed by atoms with E-state index in [2.05, 4.69) is 31.5 Å². The third-order valence-electron chi connectivity index (χ3n) is 2.48. The summed E-state index contributed by atoms with van der Waals surface area (Å²) in [4.78, 5) is 33.9. The van der Waals surface area contributed by atoms with Crippen LogP contribution in [0, 0.1) is 6.92 Å². The summed E-state index contributed by atoms with van der Waals surface area (Å²) in [7, 11) is 0. The monoisotopic (exact) mass is 384 g/mol. The van der Waals surface area contributed by atoms with E-state index in [0.29, 0.717) is 5.75 Å². The number of carbonyl (C=O) groups is 3. The summed E-state index contributed by atoms with van der Waals surface area (Å²) in [5, 5.41) is 0. The molecule has 0 aliphatic carbocycles. The van der Waals surface area contributed by atoms with E-state index < -0.39 is 17.8 Å². The zero-order valence-electron chi connectivity index (χ0n) is 12.7. The number of rotatable bonds is 6. The lowest BCUT2D eigenvalue weighted by atomic mass is 10.2. The number of benzene rings is 1. The molecule has 0 bridgehead atoms. The van der Waals surface area contributed by atoms with Crippen molar-refractivity contribution in [2.75, 3.05) is 13.2 Å². The Balaban J connectivity index is 2.34. The highest BCUT2D eigenvalue weighted by Crippen LogP contribution is 2.21. The normalized spacial score (nSPS) is 10.2. The van der Waals surface area contributed by atoms with E-state index in [1.807, 2.05) is 13.0 Å². The molecule has 0 aliphatic rings. The molecule has 0 saturated heterocycles. The minimum absolute atomic E-state index is 0.217. The van der Waals surface area contributed by atoms with Crippen molar-refractivity contribution >= 4 is 33.7 Å². The number of esters is 1. The predicted octanol–water partition coefficient (Wildman–Crippen LogP) is 1.40. The summed E-state index contributed by atoms with van der Waals surface area (Å²) in [6.45, 7) is 3.46. The summed E-state index contributed by atoms with van der Waals surface area (Å²) in [5.41, 5.74) is 5.15. The van der Waals surface area contributed by atoms with Crippen molar-refractivity contribution in [3.8, 4) is 5.75 Å². The van der Waals surface area contributed by atoms with Gasteiger partial charge in [-0.15, -0.1) is 0 Å². The third-order valence-corrected chi connectivity index (χ3v) is 2.97. The van der Waals surface area contributed by atoms with Crippen LogP contribution in [0.15, 0.2) is 34.8 Å². The molecule has 0 aliphatic heterocycles. The molecule has 0 fully saturated rings. The lowest BCUT2D eigenvalue weighted by Crippen LogP contribution is -2.43. The van der Waals surface area contributed by atoms with E-state index in [0.717, 1.165) is 22.2 Å². The second kappa shape index (κ2) is 9.62.